The van der Waals surface area contributed by atoms with E-state index in [0.29, 0.717) is 6.04 Å². The number of hydrogen-bond acceptors (Lipinski definition) is 3. The van der Waals surface area contributed by atoms with Crippen LogP contribution >= 0.6 is 0 Å². The summed E-state index contributed by atoms with van der Waals surface area (Å²) >= 11 is 0. The molecule has 1 saturated carbocycles. The Morgan fingerprint density at radius 2 is 2.05 bits per heavy atom. The van der Waals surface area contributed by atoms with Crippen molar-refractivity contribution in [1.29, 1.82) is 0 Å². The lowest BCUT2D eigenvalue weighted by molar-refractivity contribution is 0.355. The van der Waals surface area contributed by atoms with Crippen LogP contribution in [0.2, 0.25) is 0 Å². The first kappa shape index (κ1) is 14.4. The lowest BCUT2D eigenvalue weighted by atomic mass is 9.95. The maximum Gasteiger partial charge on any atom is 0.203 e. The van der Waals surface area contributed by atoms with Gasteiger partial charge in [-0.15, -0.1) is 0 Å². The maximum atomic E-state index is 4.47. The summed E-state index contributed by atoms with van der Waals surface area (Å²) in [4.78, 5) is 6.70. The van der Waals surface area contributed by atoms with E-state index in [4.69, 9.17) is 0 Å². The van der Waals surface area contributed by atoms with Crippen molar-refractivity contribution in [2.45, 2.75) is 51.0 Å². The lowest BCUT2D eigenvalue weighted by Crippen LogP contribution is -2.17. The first-order chi connectivity index (χ1) is 9.27. The molecule has 0 unspecified atom stereocenters. The molecule has 1 aromatic rings. The number of nitrogens with zero attached hydrogens (tertiary/aromatic N) is 3. The molecule has 1 heterocycles. The van der Waals surface area contributed by atoms with E-state index in [-0.39, 0.29) is 0 Å². The summed E-state index contributed by atoms with van der Waals surface area (Å²) in [5.74, 6) is 1.07. The Bertz CT molecular complexity index is 353. The molecule has 108 valence electrons. The predicted molar refractivity (Wildman–Crippen MR) is 80.6 cm³/mol. The molecule has 0 spiro atoms. The van der Waals surface area contributed by atoms with E-state index in [1.54, 1.807) is 0 Å². The van der Waals surface area contributed by atoms with E-state index < -0.39 is 0 Å². The SMILES string of the molecule is CN(C)CCCCNc1nccn1C1CCCCC1. The molecule has 2 rings (SSSR count). The molecule has 0 aliphatic heterocycles. The highest BCUT2D eigenvalue weighted by atomic mass is 15.2. The van der Waals surface area contributed by atoms with E-state index in [1.807, 2.05) is 6.20 Å². The van der Waals surface area contributed by atoms with Crippen LogP contribution in [0.4, 0.5) is 5.95 Å². The number of imidazole rings is 1. The third-order valence-corrected chi connectivity index (χ3v) is 3.95. The van der Waals surface area contributed by atoms with Gasteiger partial charge in [0.15, 0.2) is 0 Å². The molecule has 0 radical (unpaired) electrons. The van der Waals surface area contributed by atoms with Crippen LogP contribution in [0.1, 0.15) is 51.0 Å². The van der Waals surface area contributed by atoms with E-state index in [0.717, 1.165) is 12.5 Å². The van der Waals surface area contributed by atoms with Crippen LogP contribution in [0.25, 0.3) is 0 Å². The van der Waals surface area contributed by atoms with Gasteiger partial charge in [0.1, 0.15) is 0 Å². The van der Waals surface area contributed by atoms with Gasteiger partial charge < -0.3 is 14.8 Å². The summed E-state index contributed by atoms with van der Waals surface area (Å²) in [6.45, 7) is 2.19. The Kier molecular flexibility index (Phi) is 5.70. The van der Waals surface area contributed by atoms with Crippen molar-refractivity contribution < 1.29 is 0 Å². The van der Waals surface area contributed by atoms with Crippen molar-refractivity contribution in [3.8, 4) is 0 Å². The zero-order valence-corrected chi connectivity index (χ0v) is 12.4. The molecule has 4 heteroatoms. The van der Waals surface area contributed by atoms with Crippen molar-refractivity contribution in [1.82, 2.24) is 14.5 Å². The van der Waals surface area contributed by atoms with E-state index in [9.17, 15) is 0 Å². The number of anilines is 1. The molecular weight excluding hydrogens is 236 g/mol. The third-order valence-electron chi connectivity index (χ3n) is 3.95. The second-order valence-corrected chi connectivity index (χ2v) is 5.89. The summed E-state index contributed by atoms with van der Waals surface area (Å²) in [5.41, 5.74) is 0. The Balaban J connectivity index is 1.76. The van der Waals surface area contributed by atoms with Gasteiger partial charge in [-0.2, -0.15) is 0 Å². The number of hydrogen-bond donors (Lipinski definition) is 1. The smallest absolute Gasteiger partial charge is 0.203 e. The van der Waals surface area contributed by atoms with Crippen molar-refractivity contribution in [3.63, 3.8) is 0 Å². The molecule has 1 N–H and O–H groups in total. The monoisotopic (exact) mass is 264 g/mol. The fourth-order valence-electron chi connectivity index (χ4n) is 2.86. The van der Waals surface area contributed by atoms with Gasteiger partial charge >= 0.3 is 0 Å². The number of nitrogens with one attached hydrogen (secondary N) is 1. The molecule has 0 aromatic carbocycles. The molecule has 0 amide bonds. The number of aromatic nitrogens is 2. The molecule has 1 fully saturated rings. The van der Waals surface area contributed by atoms with Crippen molar-refractivity contribution >= 4 is 5.95 Å². The summed E-state index contributed by atoms with van der Waals surface area (Å²) in [6, 6.07) is 0.667. The summed E-state index contributed by atoms with van der Waals surface area (Å²) in [7, 11) is 4.26. The first-order valence-corrected chi connectivity index (χ1v) is 7.69. The van der Waals surface area contributed by atoms with Crippen LogP contribution in [0.5, 0.6) is 0 Å². The highest BCUT2D eigenvalue weighted by molar-refractivity contribution is 5.26. The highest BCUT2D eigenvalue weighted by Gasteiger charge is 2.17. The van der Waals surface area contributed by atoms with Crippen LogP contribution in [0.15, 0.2) is 12.4 Å². The Hall–Kier alpha value is -1.03. The van der Waals surface area contributed by atoms with Crippen LogP contribution in [0.3, 0.4) is 0 Å². The Morgan fingerprint density at radius 3 is 2.79 bits per heavy atom. The summed E-state index contributed by atoms with van der Waals surface area (Å²) in [5, 5.41) is 3.50. The van der Waals surface area contributed by atoms with Gasteiger partial charge in [-0.25, -0.2) is 4.98 Å². The summed E-state index contributed by atoms with van der Waals surface area (Å²) in [6.07, 6.45) is 13.3. The molecule has 1 aliphatic rings. The van der Waals surface area contributed by atoms with Gasteiger partial charge in [0.05, 0.1) is 0 Å². The topological polar surface area (TPSA) is 33.1 Å². The van der Waals surface area contributed by atoms with Gasteiger partial charge in [0, 0.05) is 25.0 Å². The summed E-state index contributed by atoms with van der Waals surface area (Å²) < 4.78 is 2.35. The predicted octanol–water partition coefficient (Wildman–Crippen LogP) is 3.14. The second-order valence-electron chi connectivity index (χ2n) is 5.89. The minimum Gasteiger partial charge on any atom is -0.356 e. The maximum absolute atomic E-state index is 4.47. The van der Waals surface area contributed by atoms with Crippen molar-refractivity contribution in [2.24, 2.45) is 0 Å². The fourth-order valence-corrected chi connectivity index (χ4v) is 2.86. The second kappa shape index (κ2) is 7.53. The van der Waals surface area contributed by atoms with Crippen LogP contribution in [-0.4, -0.2) is 41.6 Å². The van der Waals surface area contributed by atoms with E-state index in [2.05, 4.69) is 40.1 Å². The third kappa shape index (κ3) is 4.53. The fraction of sp³-hybridized carbons (Fsp3) is 0.800. The van der Waals surface area contributed by atoms with Crippen LogP contribution < -0.4 is 5.32 Å². The van der Waals surface area contributed by atoms with Gasteiger partial charge in [0.25, 0.3) is 0 Å². The molecule has 19 heavy (non-hydrogen) atoms. The van der Waals surface area contributed by atoms with Gasteiger partial charge in [-0.05, 0) is 46.3 Å². The van der Waals surface area contributed by atoms with Crippen molar-refractivity contribution in [2.75, 3.05) is 32.5 Å². The molecule has 0 atom stereocenters. The largest absolute Gasteiger partial charge is 0.356 e. The lowest BCUT2D eigenvalue weighted by Gasteiger charge is -2.24. The first-order valence-electron chi connectivity index (χ1n) is 7.69. The van der Waals surface area contributed by atoms with Crippen LogP contribution in [-0.2, 0) is 0 Å². The normalized spacial score (nSPS) is 17.0. The Labute approximate surface area is 117 Å². The van der Waals surface area contributed by atoms with Gasteiger partial charge in [-0.3, -0.25) is 0 Å². The molecule has 0 saturated heterocycles. The molecule has 1 aliphatic carbocycles. The standard InChI is InChI=1S/C15H28N4/c1-18(2)12-7-6-10-16-15-17-11-13-19(15)14-8-4-3-5-9-14/h11,13-14H,3-10,12H2,1-2H3,(H,16,17). The minimum absolute atomic E-state index is 0.667. The van der Waals surface area contributed by atoms with Gasteiger partial charge in [-0.1, -0.05) is 19.3 Å². The van der Waals surface area contributed by atoms with Gasteiger partial charge in [0.2, 0.25) is 5.95 Å². The molecule has 0 bridgehead atoms. The average molecular weight is 264 g/mol. The zero-order valence-electron chi connectivity index (χ0n) is 12.4. The average Bonchev–Trinajstić information content (AvgIpc) is 2.87. The molecule has 4 nitrogen and oxygen atoms in total. The van der Waals surface area contributed by atoms with Crippen LogP contribution in [0, 0.1) is 0 Å². The number of unbranched alkanes of at least 4 members (excludes halogenated alkanes) is 1. The van der Waals surface area contributed by atoms with Crippen molar-refractivity contribution in [3.05, 3.63) is 12.4 Å². The minimum atomic E-state index is 0.667. The molecule has 1 aromatic heterocycles. The number of rotatable bonds is 7. The molecular formula is C15H28N4. The highest BCUT2D eigenvalue weighted by Crippen LogP contribution is 2.30. The Morgan fingerprint density at radius 1 is 1.26 bits per heavy atom. The van der Waals surface area contributed by atoms with E-state index >= 15 is 0 Å². The quantitative estimate of drug-likeness (QED) is 0.768. The van der Waals surface area contributed by atoms with E-state index in [1.165, 1.54) is 51.5 Å². The zero-order chi connectivity index (χ0) is 13.5.